The first-order valence-corrected chi connectivity index (χ1v) is 9.75. The van der Waals surface area contributed by atoms with Crippen LogP contribution in [0.1, 0.15) is 24.8 Å². The van der Waals surface area contributed by atoms with Gasteiger partial charge >= 0.3 is 5.97 Å². The van der Waals surface area contributed by atoms with Crippen LogP contribution in [0.5, 0.6) is 0 Å². The van der Waals surface area contributed by atoms with Crippen LogP contribution in [-0.4, -0.2) is 56.0 Å². The number of hydrogen-bond acceptors (Lipinski definition) is 5. The summed E-state index contributed by atoms with van der Waals surface area (Å²) in [6, 6.07) is 3.86. The molecule has 10 heteroatoms. The van der Waals surface area contributed by atoms with Gasteiger partial charge in [-0.25, -0.2) is 13.6 Å². The number of amides is 1. The summed E-state index contributed by atoms with van der Waals surface area (Å²) in [5.41, 5.74) is 1.43. The Morgan fingerprint density at radius 3 is 2.62 bits per heavy atom. The maximum atomic E-state index is 12.7. The van der Waals surface area contributed by atoms with Crippen LogP contribution in [-0.2, 0) is 26.0 Å². The molecule has 0 aromatic heterocycles. The molecule has 2 heterocycles. The maximum absolute atomic E-state index is 12.7. The first-order valence-electron chi connectivity index (χ1n) is 8.20. The maximum Gasteiger partial charge on any atom is 0.320 e. The van der Waals surface area contributed by atoms with Crippen LogP contribution in [0, 0.1) is 0 Å². The van der Waals surface area contributed by atoms with Crippen molar-refractivity contribution in [3.8, 4) is 0 Å². The lowest BCUT2D eigenvalue weighted by Gasteiger charge is -2.33. The van der Waals surface area contributed by atoms with Gasteiger partial charge < -0.3 is 10.0 Å². The van der Waals surface area contributed by atoms with Crippen molar-refractivity contribution in [1.29, 1.82) is 0 Å². The molecule has 0 aliphatic carbocycles. The quantitative estimate of drug-likeness (QED) is 0.758. The van der Waals surface area contributed by atoms with Crippen molar-refractivity contribution in [3.63, 3.8) is 0 Å². The molecule has 1 atom stereocenters. The normalized spacial score (nSPS) is 20.3. The van der Waals surface area contributed by atoms with Gasteiger partial charge in [0.05, 0.1) is 11.4 Å². The van der Waals surface area contributed by atoms with Crippen LogP contribution < -0.4 is 10.0 Å². The standard InChI is InChI=1S/C16H21N3O5S.ClH/c17-25(23,24)12-4-5-13-11(9-12)6-8-19(13)15(20)10-18-7-2-1-3-14(18)16(21)22;/h4-5,9,14H,1-3,6-8,10H2,(H,21,22)(H2,17,23,24);1H. The summed E-state index contributed by atoms with van der Waals surface area (Å²) in [4.78, 5) is 27.4. The van der Waals surface area contributed by atoms with Crippen LogP contribution in [0.2, 0.25) is 0 Å². The molecule has 2 aliphatic rings. The highest BCUT2D eigenvalue weighted by Crippen LogP contribution is 2.30. The number of benzene rings is 1. The molecule has 1 amide bonds. The van der Waals surface area contributed by atoms with E-state index in [0.717, 1.165) is 18.4 Å². The Hall–Kier alpha value is -1.68. The Balaban J connectivity index is 0.00000243. The second-order valence-corrected chi connectivity index (χ2v) is 8.01. The number of nitrogens with zero attached hydrogens (tertiary/aromatic N) is 2. The smallest absolute Gasteiger partial charge is 0.320 e. The SMILES string of the molecule is Cl.NS(=O)(=O)c1ccc2c(c1)CCN2C(=O)CN1CCCCC1C(=O)O. The van der Waals surface area contributed by atoms with E-state index >= 15 is 0 Å². The predicted molar refractivity (Wildman–Crippen MR) is 98.0 cm³/mol. The molecule has 144 valence electrons. The van der Waals surface area contributed by atoms with Crippen LogP contribution in [0.15, 0.2) is 23.1 Å². The third-order valence-electron chi connectivity index (χ3n) is 4.81. The first-order chi connectivity index (χ1) is 11.8. The number of sulfonamides is 1. The average Bonchev–Trinajstić information content (AvgIpc) is 2.97. The second kappa shape index (κ2) is 7.91. The van der Waals surface area contributed by atoms with Gasteiger partial charge in [0, 0.05) is 12.2 Å². The number of fused-ring (bicyclic) bond motifs is 1. The minimum atomic E-state index is -3.78. The number of anilines is 1. The van der Waals surface area contributed by atoms with Crippen molar-refractivity contribution in [2.24, 2.45) is 5.14 Å². The summed E-state index contributed by atoms with van der Waals surface area (Å²) >= 11 is 0. The second-order valence-electron chi connectivity index (χ2n) is 6.45. The number of likely N-dealkylation sites (tertiary alicyclic amines) is 1. The Morgan fingerprint density at radius 2 is 1.96 bits per heavy atom. The third kappa shape index (κ3) is 4.17. The lowest BCUT2D eigenvalue weighted by Crippen LogP contribution is -2.49. The highest BCUT2D eigenvalue weighted by Gasteiger charge is 2.33. The molecule has 0 spiro atoms. The number of carboxylic acid groups (broad SMARTS) is 1. The number of aliphatic carboxylic acids is 1. The van der Waals surface area contributed by atoms with Gasteiger partial charge in [-0.1, -0.05) is 6.42 Å². The van der Waals surface area contributed by atoms with Crippen LogP contribution in [0.25, 0.3) is 0 Å². The van der Waals surface area contributed by atoms with E-state index in [1.807, 2.05) is 0 Å². The molecule has 8 nitrogen and oxygen atoms in total. The van der Waals surface area contributed by atoms with E-state index in [4.69, 9.17) is 5.14 Å². The molecule has 0 saturated carbocycles. The largest absolute Gasteiger partial charge is 0.480 e. The molecule has 2 aliphatic heterocycles. The highest BCUT2D eigenvalue weighted by molar-refractivity contribution is 7.89. The minimum absolute atomic E-state index is 0. The molecule has 1 saturated heterocycles. The monoisotopic (exact) mass is 403 g/mol. The summed E-state index contributed by atoms with van der Waals surface area (Å²) in [6.45, 7) is 1.09. The van der Waals surface area contributed by atoms with Gasteiger partial charge in [-0.2, -0.15) is 0 Å². The summed E-state index contributed by atoms with van der Waals surface area (Å²) in [6.07, 6.45) is 2.83. The van der Waals surface area contributed by atoms with Gasteiger partial charge in [-0.05, 0) is 49.6 Å². The lowest BCUT2D eigenvalue weighted by atomic mass is 10.0. The van der Waals surface area contributed by atoms with Crippen LogP contribution in [0.3, 0.4) is 0 Å². The molecule has 0 bridgehead atoms. The number of carbonyl (C=O) groups is 2. The van der Waals surface area contributed by atoms with E-state index in [1.54, 1.807) is 15.9 Å². The Labute approximate surface area is 158 Å². The molecule has 1 aromatic carbocycles. The number of halogens is 1. The molecular weight excluding hydrogens is 382 g/mol. The number of nitrogens with two attached hydrogens (primary N) is 1. The topological polar surface area (TPSA) is 121 Å². The number of primary sulfonamides is 1. The zero-order valence-corrected chi connectivity index (χ0v) is 15.8. The fourth-order valence-electron chi connectivity index (χ4n) is 3.53. The van der Waals surface area contributed by atoms with Gasteiger partial charge in [0.25, 0.3) is 0 Å². The zero-order chi connectivity index (χ0) is 18.2. The van der Waals surface area contributed by atoms with Crippen molar-refractivity contribution < 1.29 is 23.1 Å². The first kappa shape index (κ1) is 20.6. The summed E-state index contributed by atoms with van der Waals surface area (Å²) in [5, 5.41) is 14.5. The molecule has 3 N–H and O–H groups in total. The summed E-state index contributed by atoms with van der Waals surface area (Å²) in [7, 11) is -3.78. The Morgan fingerprint density at radius 1 is 1.23 bits per heavy atom. The molecule has 1 unspecified atom stereocenters. The van der Waals surface area contributed by atoms with Gasteiger partial charge in [0.1, 0.15) is 6.04 Å². The van der Waals surface area contributed by atoms with Crippen molar-refractivity contribution >= 4 is 40.0 Å². The molecule has 1 fully saturated rings. The number of piperidine rings is 1. The highest BCUT2D eigenvalue weighted by atomic mass is 35.5. The molecule has 3 rings (SSSR count). The van der Waals surface area contributed by atoms with E-state index in [1.165, 1.54) is 12.1 Å². The van der Waals surface area contributed by atoms with E-state index in [2.05, 4.69) is 0 Å². The Bertz CT molecular complexity index is 814. The number of hydrogen-bond donors (Lipinski definition) is 2. The van der Waals surface area contributed by atoms with E-state index < -0.39 is 22.0 Å². The molecule has 1 aromatic rings. The predicted octanol–water partition coefficient (Wildman–Crippen LogP) is 0.584. The molecule has 26 heavy (non-hydrogen) atoms. The Kier molecular flexibility index (Phi) is 6.28. The lowest BCUT2D eigenvalue weighted by molar-refractivity contribution is -0.145. The fraction of sp³-hybridized carbons (Fsp3) is 0.500. The van der Waals surface area contributed by atoms with E-state index in [0.29, 0.717) is 31.6 Å². The van der Waals surface area contributed by atoms with E-state index in [-0.39, 0.29) is 29.8 Å². The summed E-state index contributed by atoms with van der Waals surface area (Å²) < 4.78 is 22.9. The van der Waals surface area contributed by atoms with Crippen molar-refractivity contribution in [2.45, 2.75) is 36.6 Å². The summed E-state index contributed by atoms with van der Waals surface area (Å²) in [5.74, 6) is -1.07. The van der Waals surface area contributed by atoms with Gasteiger partial charge in [0.2, 0.25) is 15.9 Å². The number of carbonyl (C=O) groups excluding carboxylic acids is 1. The van der Waals surface area contributed by atoms with Gasteiger partial charge in [0.15, 0.2) is 0 Å². The third-order valence-corrected chi connectivity index (χ3v) is 5.72. The van der Waals surface area contributed by atoms with Gasteiger partial charge in [-0.3, -0.25) is 14.5 Å². The molecule has 0 radical (unpaired) electrons. The fourth-order valence-corrected chi connectivity index (χ4v) is 4.10. The van der Waals surface area contributed by atoms with Crippen molar-refractivity contribution in [1.82, 2.24) is 4.90 Å². The number of carboxylic acids is 1. The molecular formula is C16H22ClN3O5S. The average molecular weight is 404 g/mol. The van der Waals surface area contributed by atoms with Crippen LogP contribution >= 0.6 is 12.4 Å². The minimum Gasteiger partial charge on any atom is -0.480 e. The van der Waals surface area contributed by atoms with E-state index in [9.17, 15) is 23.1 Å². The van der Waals surface area contributed by atoms with Crippen molar-refractivity contribution in [2.75, 3.05) is 24.5 Å². The van der Waals surface area contributed by atoms with Crippen LogP contribution in [0.4, 0.5) is 5.69 Å². The van der Waals surface area contributed by atoms with Gasteiger partial charge in [-0.15, -0.1) is 12.4 Å². The zero-order valence-electron chi connectivity index (χ0n) is 14.1. The van der Waals surface area contributed by atoms with Crippen molar-refractivity contribution in [3.05, 3.63) is 23.8 Å². The number of rotatable bonds is 4.